The second kappa shape index (κ2) is 5.85. The van der Waals surface area contributed by atoms with Crippen molar-refractivity contribution < 1.29 is 14.0 Å². The molecule has 0 saturated heterocycles. The lowest BCUT2D eigenvalue weighted by atomic mass is 10.2. The Labute approximate surface area is 92.8 Å². The summed E-state index contributed by atoms with van der Waals surface area (Å²) in [6.45, 7) is 1.86. The first-order valence-electron chi connectivity index (χ1n) is 4.98. The summed E-state index contributed by atoms with van der Waals surface area (Å²) in [6, 6.07) is 5.23. The zero-order chi connectivity index (χ0) is 12.0. The topological polar surface area (TPSA) is 58.2 Å². The number of amides is 2. The monoisotopic (exact) mass is 224 g/mol. The first kappa shape index (κ1) is 12.2. The molecule has 1 aromatic carbocycles. The first-order chi connectivity index (χ1) is 7.63. The molecule has 0 saturated carbocycles. The number of nitrogens with one attached hydrogen (secondary N) is 2. The second-order valence-corrected chi connectivity index (χ2v) is 3.26. The molecule has 0 heterocycles. The molecule has 0 bridgehead atoms. The standard InChI is InChI=1S/C11H13FN2O2/c1-2-4-10(15)13-14-11(16)8-5-3-6-9(12)7-8/h3,5-7H,2,4H2,1H3,(H,13,15)(H,14,16). The molecule has 0 radical (unpaired) electrons. The van der Waals surface area contributed by atoms with Crippen LogP contribution in [-0.4, -0.2) is 11.8 Å². The summed E-state index contributed by atoms with van der Waals surface area (Å²) < 4.78 is 12.8. The van der Waals surface area contributed by atoms with Crippen LogP contribution in [0.5, 0.6) is 0 Å². The average molecular weight is 224 g/mol. The van der Waals surface area contributed by atoms with Crippen molar-refractivity contribution in [3.63, 3.8) is 0 Å². The Bertz CT molecular complexity index is 393. The molecule has 1 rings (SSSR count). The van der Waals surface area contributed by atoms with E-state index in [2.05, 4.69) is 10.9 Å². The summed E-state index contributed by atoms with van der Waals surface area (Å²) in [6.07, 6.45) is 1.03. The highest BCUT2D eigenvalue weighted by molar-refractivity contribution is 5.95. The van der Waals surface area contributed by atoms with Gasteiger partial charge in [-0.15, -0.1) is 0 Å². The number of benzene rings is 1. The first-order valence-corrected chi connectivity index (χ1v) is 4.98. The molecule has 2 N–H and O–H groups in total. The summed E-state index contributed by atoms with van der Waals surface area (Å²) in [7, 11) is 0. The SMILES string of the molecule is CCCC(=O)NNC(=O)c1cccc(F)c1. The molecule has 0 aliphatic carbocycles. The summed E-state index contributed by atoms with van der Waals surface area (Å²) >= 11 is 0. The number of hydrazine groups is 1. The number of carbonyl (C=O) groups is 2. The van der Waals surface area contributed by atoms with Gasteiger partial charge in [-0.3, -0.25) is 20.4 Å². The van der Waals surface area contributed by atoms with E-state index in [4.69, 9.17) is 0 Å². The Morgan fingerprint density at radius 1 is 1.31 bits per heavy atom. The minimum absolute atomic E-state index is 0.164. The van der Waals surface area contributed by atoms with Gasteiger partial charge in [0.05, 0.1) is 0 Å². The highest BCUT2D eigenvalue weighted by Crippen LogP contribution is 2.02. The van der Waals surface area contributed by atoms with Gasteiger partial charge in [-0.25, -0.2) is 4.39 Å². The van der Waals surface area contributed by atoms with Gasteiger partial charge in [0, 0.05) is 12.0 Å². The quantitative estimate of drug-likeness (QED) is 0.762. The summed E-state index contributed by atoms with van der Waals surface area (Å²) in [5.74, 6) is -1.30. The van der Waals surface area contributed by atoms with Crippen LogP contribution in [0.3, 0.4) is 0 Å². The maximum absolute atomic E-state index is 12.8. The molecular formula is C11H13FN2O2. The van der Waals surface area contributed by atoms with Crippen molar-refractivity contribution >= 4 is 11.8 Å². The zero-order valence-corrected chi connectivity index (χ0v) is 8.92. The summed E-state index contributed by atoms with van der Waals surface area (Å²) in [5, 5.41) is 0. The van der Waals surface area contributed by atoms with Crippen LogP contribution in [0.15, 0.2) is 24.3 Å². The van der Waals surface area contributed by atoms with Crippen molar-refractivity contribution in [2.24, 2.45) is 0 Å². The molecule has 0 aliphatic heterocycles. The number of rotatable bonds is 3. The molecule has 2 amide bonds. The fraction of sp³-hybridized carbons (Fsp3) is 0.273. The smallest absolute Gasteiger partial charge is 0.269 e. The molecule has 4 nitrogen and oxygen atoms in total. The van der Waals surface area contributed by atoms with Gasteiger partial charge in [0.2, 0.25) is 5.91 Å². The molecule has 0 spiro atoms. The average Bonchev–Trinajstić information content (AvgIpc) is 2.26. The van der Waals surface area contributed by atoms with Gasteiger partial charge in [0.1, 0.15) is 5.82 Å². The van der Waals surface area contributed by atoms with Gasteiger partial charge < -0.3 is 0 Å². The van der Waals surface area contributed by atoms with E-state index in [1.165, 1.54) is 18.2 Å². The van der Waals surface area contributed by atoms with E-state index in [1.807, 2.05) is 6.92 Å². The third-order valence-electron chi connectivity index (χ3n) is 1.88. The summed E-state index contributed by atoms with van der Waals surface area (Å²) in [4.78, 5) is 22.5. The van der Waals surface area contributed by atoms with Gasteiger partial charge in [0.25, 0.3) is 5.91 Å². The third-order valence-corrected chi connectivity index (χ3v) is 1.88. The van der Waals surface area contributed by atoms with E-state index in [9.17, 15) is 14.0 Å². The van der Waals surface area contributed by atoms with Crippen molar-refractivity contribution in [1.29, 1.82) is 0 Å². The molecule has 86 valence electrons. The van der Waals surface area contributed by atoms with Crippen LogP contribution >= 0.6 is 0 Å². The molecule has 0 atom stereocenters. The van der Waals surface area contributed by atoms with E-state index in [0.29, 0.717) is 12.8 Å². The molecule has 0 aromatic heterocycles. The van der Waals surface area contributed by atoms with Crippen molar-refractivity contribution in [2.75, 3.05) is 0 Å². The maximum atomic E-state index is 12.8. The lowest BCUT2D eigenvalue weighted by molar-refractivity contribution is -0.121. The Kier molecular flexibility index (Phi) is 4.44. The maximum Gasteiger partial charge on any atom is 0.269 e. The Morgan fingerprint density at radius 3 is 2.69 bits per heavy atom. The van der Waals surface area contributed by atoms with Crippen molar-refractivity contribution in [2.45, 2.75) is 19.8 Å². The number of hydrogen-bond acceptors (Lipinski definition) is 2. The number of halogens is 1. The second-order valence-electron chi connectivity index (χ2n) is 3.26. The van der Waals surface area contributed by atoms with Crippen molar-refractivity contribution in [1.82, 2.24) is 10.9 Å². The van der Waals surface area contributed by atoms with E-state index in [-0.39, 0.29) is 11.5 Å². The van der Waals surface area contributed by atoms with Gasteiger partial charge in [0.15, 0.2) is 0 Å². The number of carbonyl (C=O) groups excluding carboxylic acids is 2. The van der Waals surface area contributed by atoms with E-state index >= 15 is 0 Å². The molecule has 0 unspecified atom stereocenters. The molecule has 0 fully saturated rings. The van der Waals surface area contributed by atoms with Crippen molar-refractivity contribution in [3.05, 3.63) is 35.6 Å². The lowest BCUT2D eigenvalue weighted by Gasteiger charge is -2.06. The minimum Gasteiger partial charge on any atom is -0.273 e. The van der Waals surface area contributed by atoms with Crippen LogP contribution in [0.25, 0.3) is 0 Å². The van der Waals surface area contributed by atoms with Crippen LogP contribution < -0.4 is 10.9 Å². The van der Waals surface area contributed by atoms with Crippen LogP contribution in [-0.2, 0) is 4.79 Å². The minimum atomic E-state index is -0.538. The summed E-state index contributed by atoms with van der Waals surface area (Å²) in [5.41, 5.74) is 4.61. The molecule has 1 aromatic rings. The highest BCUT2D eigenvalue weighted by atomic mass is 19.1. The Balaban J connectivity index is 2.50. The third kappa shape index (κ3) is 3.68. The molecule has 5 heteroatoms. The van der Waals surface area contributed by atoms with Crippen LogP contribution in [0, 0.1) is 5.82 Å². The fourth-order valence-electron chi connectivity index (χ4n) is 1.12. The van der Waals surface area contributed by atoms with Gasteiger partial charge in [-0.2, -0.15) is 0 Å². The van der Waals surface area contributed by atoms with E-state index in [0.717, 1.165) is 6.07 Å². The predicted molar refractivity (Wildman–Crippen MR) is 56.9 cm³/mol. The van der Waals surface area contributed by atoms with Crippen LogP contribution in [0.1, 0.15) is 30.1 Å². The fourth-order valence-corrected chi connectivity index (χ4v) is 1.12. The predicted octanol–water partition coefficient (Wildman–Crippen LogP) is 1.39. The van der Waals surface area contributed by atoms with Gasteiger partial charge in [-0.1, -0.05) is 13.0 Å². The normalized spacial score (nSPS) is 9.62. The molecule has 16 heavy (non-hydrogen) atoms. The highest BCUT2D eigenvalue weighted by Gasteiger charge is 2.07. The van der Waals surface area contributed by atoms with Gasteiger partial charge >= 0.3 is 0 Å². The largest absolute Gasteiger partial charge is 0.273 e. The van der Waals surface area contributed by atoms with Crippen LogP contribution in [0.4, 0.5) is 4.39 Å². The Morgan fingerprint density at radius 2 is 2.06 bits per heavy atom. The van der Waals surface area contributed by atoms with E-state index in [1.54, 1.807) is 0 Å². The van der Waals surface area contributed by atoms with Gasteiger partial charge in [-0.05, 0) is 24.6 Å². The molecule has 0 aliphatic rings. The lowest BCUT2D eigenvalue weighted by Crippen LogP contribution is -2.41. The Hall–Kier alpha value is -1.91. The van der Waals surface area contributed by atoms with Crippen molar-refractivity contribution in [3.8, 4) is 0 Å². The zero-order valence-electron chi connectivity index (χ0n) is 8.92. The van der Waals surface area contributed by atoms with Crippen LogP contribution in [0.2, 0.25) is 0 Å². The molecular weight excluding hydrogens is 211 g/mol. The number of hydrogen-bond donors (Lipinski definition) is 2. The van der Waals surface area contributed by atoms with E-state index < -0.39 is 11.7 Å².